The summed E-state index contributed by atoms with van der Waals surface area (Å²) in [5, 5.41) is 13.3. The number of aliphatic hydroxyl groups excluding tert-OH is 1. The third kappa shape index (κ3) is 3.46. The highest BCUT2D eigenvalue weighted by Crippen LogP contribution is 2.28. The summed E-state index contributed by atoms with van der Waals surface area (Å²) in [5.74, 6) is 2.35. The van der Waals surface area contributed by atoms with Crippen molar-refractivity contribution in [3.63, 3.8) is 0 Å². The lowest BCUT2D eigenvalue weighted by Gasteiger charge is -2.27. The Kier molecular flexibility index (Phi) is 4.66. The molecular weight excluding hydrogens is 198 g/mol. The summed E-state index contributed by atoms with van der Waals surface area (Å²) in [5.41, 5.74) is 0. The fraction of sp³-hybridized carbons (Fsp3) is 1.00. The van der Waals surface area contributed by atoms with Crippen LogP contribution in [0.15, 0.2) is 0 Å². The zero-order valence-corrected chi connectivity index (χ0v) is 10.6. The monoisotopic (exact) mass is 225 g/mol. The van der Waals surface area contributed by atoms with Crippen LogP contribution in [-0.4, -0.2) is 24.3 Å². The lowest BCUT2D eigenvalue weighted by atomic mass is 9.82. The Morgan fingerprint density at radius 2 is 1.88 bits per heavy atom. The molecule has 0 spiro atoms. The minimum absolute atomic E-state index is 0.0298. The van der Waals surface area contributed by atoms with Crippen molar-refractivity contribution in [2.24, 2.45) is 17.8 Å². The highest BCUT2D eigenvalue weighted by atomic mass is 16.3. The van der Waals surface area contributed by atoms with E-state index in [1.165, 1.54) is 45.1 Å². The number of aliphatic hydroxyl groups is 1. The van der Waals surface area contributed by atoms with Crippen LogP contribution in [0.3, 0.4) is 0 Å². The fourth-order valence-electron chi connectivity index (χ4n) is 3.47. The second-order valence-electron chi connectivity index (χ2n) is 6.05. The van der Waals surface area contributed by atoms with Gasteiger partial charge in [0.25, 0.3) is 0 Å². The zero-order valence-electron chi connectivity index (χ0n) is 10.6. The SMILES string of the molecule is CC1CCCC(CNCC2CCCC2O)C1. The van der Waals surface area contributed by atoms with Crippen LogP contribution in [-0.2, 0) is 0 Å². The van der Waals surface area contributed by atoms with Crippen molar-refractivity contribution in [3.05, 3.63) is 0 Å². The Hall–Kier alpha value is -0.0800. The minimum atomic E-state index is -0.0298. The summed E-state index contributed by atoms with van der Waals surface area (Å²) in [4.78, 5) is 0. The highest BCUT2D eigenvalue weighted by molar-refractivity contribution is 4.79. The molecular formula is C14H27NO. The van der Waals surface area contributed by atoms with E-state index in [0.29, 0.717) is 5.92 Å². The van der Waals surface area contributed by atoms with Crippen molar-refractivity contribution < 1.29 is 5.11 Å². The van der Waals surface area contributed by atoms with Crippen LogP contribution in [0.4, 0.5) is 0 Å². The maximum atomic E-state index is 9.73. The smallest absolute Gasteiger partial charge is 0.0580 e. The molecule has 0 radical (unpaired) electrons. The Balaban J connectivity index is 1.60. The number of hydrogen-bond donors (Lipinski definition) is 2. The Morgan fingerprint density at radius 3 is 2.56 bits per heavy atom. The Labute approximate surface area is 99.8 Å². The molecule has 2 saturated carbocycles. The van der Waals surface area contributed by atoms with Crippen LogP contribution < -0.4 is 5.32 Å². The molecule has 4 atom stereocenters. The molecule has 2 nitrogen and oxygen atoms in total. The minimum Gasteiger partial charge on any atom is -0.393 e. The predicted molar refractivity (Wildman–Crippen MR) is 67.3 cm³/mol. The second kappa shape index (κ2) is 6.02. The molecule has 0 aromatic heterocycles. The molecule has 2 rings (SSSR count). The van der Waals surface area contributed by atoms with Crippen molar-refractivity contribution in [1.29, 1.82) is 0 Å². The summed E-state index contributed by atoms with van der Waals surface area (Å²) in [6.07, 6.45) is 9.08. The van der Waals surface area contributed by atoms with E-state index in [1.54, 1.807) is 0 Å². The molecule has 0 saturated heterocycles. The van der Waals surface area contributed by atoms with Gasteiger partial charge in [-0.2, -0.15) is 0 Å². The van der Waals surface area contributed by atoms with Gasteiger partial charge < -0.3 is 10.4 Å². The number of hydrogen-bond acceptors (Lipinski definition) is 2. The van der Waals surface area contributed by atoms with E-state index in [9.17, 15) is 5.11 Å². The summed E-state index contributed by atoms with van der Waals surface area (Å²) in [6, 6.07) is 0. The predicted octanol–water partition coefficient (Wildman–Crippen LogP) is 2.56. The third-order valence-electron chi connectivity index (χ3n) is 4.50. The van der Waals surface area contributed by atoms with Gasteiger partial charge in [-0.25, -0.2) is 0 Å². The highest BCUT2D eigenvalue weighted by Gasteiger charge is 2.25. The van der Waals surface area contributed by atoms with Gasteiger partial charge in [0.15, 0.2) is 0 Å². The van der Waals surface area contributed by atoms with Gasteiger partial charge >= 0.3 is 0 Å². The first-order valence-corrected chi connectivity index (χ1v) is 7.14. The molecule has 0 aromatic rings. The van der Waals surface area contributed by atoms with E-state index in [0.717, 1.165) is 24.8 Å². The lowest BCUT2D eigenvalue weighted by molar-refractivity contribution is 0.130. The van der Waals surface area contributed by atoms with Crippen molar-refractivity contribution >= 4 is 0 Å². The van der Waals surface area contributed by atoms with Crippen LogP contribution in [0.25, 0.3) is 0 Å². The van der Waals surface area contributed by atoms with Crippen LogP contribution in [0, 0.1) is 17.8 Å². The standard InChI is InChI=1S/C14H27NO/c1-11-4-2-5-12(8-11)9-15-10-13-6-3-7-14(13)16/h11-16H,2-10H2,1H3. The van der Waals surface area contributed by atoms with E-state index in [2.05, 4.69) is 12.2 Å². The molecule has 0 bridgehead atoms. The zero-order chi connectivity index (χ0) is 11.4. The van der Waals surface area contributed by atoms with Crippen LogP contribution in [0.5, 0.6) is 0 Å². The fourth-order valence-corrected chi connectivity index (χ4v) is 3.47. The molecule has 0 aliphatic heterocycles. The third-order valence-corrected chi connectivity index (χ3v) is 4.50. The largest absolute Gasteiger partial charge is 0.393 e. The maximum absolute atomic E-state index is 9.73. The van der Waals surface area contributed by atoms with Crippen molar-refractivity contribution in [2.75, 3.05) is 13.1 Å². The van der Waals surface area contributed by atoms with E-state index in [4.69, 9.17) is 0 Å². The van der Waals surface area contributed by atoms with Gasteiger partial charge in [-0.1, -0.05) is 26.2 Å². The molecule has 2 aliphatic carbocycles. The first-order valence-electron chi connectivity index (χ1n) is 7.14. The Bertz CT molecular complexity index is 207. The summed E-state index contributed by atoms with van der Waals surface area (Å²) in [6.45, 7) is 4.59. The van der Waals surface area contributed by atoms with Gasteiger partial charge in [0.05, 0.1) is 6.10 Å². The number of rotatable bonds is 4. The molecule has 2 N–H and O–H groups in total. The van der Waals surface area contributed by atoms with Crippen molar-refractivity contribution in [2.45, 2.75) is 58.0 Å². The summed E-state index contributed by atoms with van der Waals surface area (Å²) >= 11 is 0. The molecule has 0 amide bonds. The molecule has 0 aromatic carbocycles. The molecule has 2 aliphatic rings. The normalized spacial score (nSPS) is 40.1. The van der Waals surface area contributed by atoms with Gasteiger partial charge in [-0.15, -0.1) is 0 Å². The van der Waals surface area contributed by atoms with Gasteiger partial charge in [0, 0.05) is 6.54 Å². The molecule has 4 unspecified atom stereocenters. The maximum Gasteiger partial charge on any atom is 0.0580 e. The average Bonchev–Trinajstić information content (AvgIpc) is 2.65. The van der Waals surface area contributed by atoms with Crippen molar-refractivity contribution in [3.8, 4) is 0 Å². The quantitative estimate of drug-likeness (QED) is 0.770. The molecule has 2 heteroatoms. The molecule has 0 heterocycles. The van der Waals surface area contributed by atoms with Crippen LogP contribution in [0.1, 0.15) is 51.9 Å². The Morgan fingerprint density at radius 1 is 1.06 bits per heavy atom. The van der Waals surface area contributed by atoms with Gasteiger partial charge in [0.1, 0.15) is 0 Å². The van der Waals surface area contributed by atoms with Crippen molar-refractivity contribution in [1.82, 2.24) is 5.32 Å². The lowest BCUT2D eigenvalue weighted by Crippen LogP contribution is -2.32. The molecule has 2 fully saturated rings. The summed E-state index contributed by atoms with van der Waals surface area (Å²) < 4.78 is 0. The van der Waals surface area contributed by atoms with E-state index < -0.39 is 0 Å². The second-order valence-corrected chi connectivity index (χ2v) is 6.05. The van der Waals surface area contributed by atoms with E-state index in [1.807, 2.05) is 0 Å². The topological polar surface area (TPSA) is 32.3 Å². The summed E-state index contributed by atoms with van der Waals surface area (Å²) in [7, 11) is 0. The number of nitrogens with one attached hydrogen (secondary N) is 1. The first kappa shape index (κ1) is 12.4. The van der Waals surface area contributed by atoms with Gasteiger partial charge in [-0.3, -0.25) is 0 Å². The van der Waals surface area contributed by atoms with Gasteiger partial charge in [0.2, 0.25) is 0 Å². The average molecular weight is 225 g/mol. The molecule has 16 heavy (non-hydrogen) atoms. The molecule has 94 valence electrons. The van der Waals surface area contributed by atoms with E-state index >= 15 is 0 Å². The van der Waals surface area contributed by atoms with Crippen LogP contribution >= 0.6 is 0 Å². The van der Waals surface area contributed by atoms with E-state index in [-0.39, 0.29) is 6.10 Å². The van der Waals surface area contributed by atoms with Crippen LogP contribution in [0.2, 0.25) is 0 Å². The first-order chi connectivity index (χ1) is 7.75. The van der Waals surface area contributed by atoms with Gasteiger partial charge in [-0.05, 0) is 50.0 Å².